The van der Waals surface area contributed by atoms with Crippen LogP contribution >= 0.6 is 0 Å². The smallest absolute Gasteiger partial charge is 0.123 e. The Morgan fingerprint density at radius 1 is 0.882 bits per heavy atom. The van der Waals surface area contributed by atoms with E-state index in [1.54, 1.807) is 18.2 Å². The maximum Gasteiger partial charge on any atom is 0.123 e. The number of hydrogen-bond donors (Lipinski definition) is 2. The number of rotatable bonds is 3. The molecule has 2 N–H and O–H groups in total. The third kappa shape index (κ3) is 7.56. The molecule has 0 spiro atoms. The molecule has 1 heterocycles. The first kappa shape index (κ1) is 27.3. The van der Waals surface area contributed by atoms with Gasteiger partial charge < -0.3 is 10.3 Å². The lowest BCUT2D eigenvalue weighted by molar-refractivity contribution is 0.628. The standard InChI is InChI=1S/C20H22N2.C6H5F.C3H8.C2H6/c1-12-5-4-6-14(7-12)16-9-13(2)8-15-10-19(22-20(15)16)17-11-18(17)21-3;7-6-4-2-1-3-5-6;1-3-2;1-2/h4-10,17-18,21-22H,11H2,1-3H3;1-5H;3H2,1-2H3;1-2H3. The molecular formula is C31H41FN2. The molecule has 0 saturated heterocycles. The van der Waals surface area contributed by atoms with Crippen molar-refractivity contribution in [3.05, 3.63) is 95.4 Å². The van der Waals surface area contributed by atoms with Gasteiger partial charge in [-0.1, -0.05) is 82.1 Å². The number of hydrogen-bond acceptors (Lipinski definition) is 1. The Balaban J connectivity index is 0.000000284. The zero-order valence-electron chi connectivity index (χ0n) is 21.9. The highest BCUT2D eigenvalue weighted by Crippen LogP contribution is 2.42. The van der Waals surface area contributed by atoms with Crippen LogP contribution in [0.5, 0.6) is 0 Å². The number of aromatic amines is 1. The Labute approximate surface area is 205 Å². The topological polar surface area (TPSA) is 27.8 Å². The van der Waals surface area contributed by atoms with E-state index in [-0.39, 0.29) is 5.82 Å². The number of aryl methyl sites for hydroxylation is 2. The predicted octanol–water partition coefficient (Wildman–Crippen LogP) is 8.80. The first-order valence-corrected chi connectivity index (χ1v) is 12.5. The molecule has 3 aromatic carbocycles. The molecule has 3 heteroatoms. The molecule has 2 nitrogen and oxygen atoms in total. The summed E-state index contributed by atoms with van der Waals surface area (Å²) in [6.07, 6.45) is 2.49. The van der Waals surface area contributed by atoms with Gasteiger partial charge in [0, 0.05) is 28.6 Å². The van der Waals surface area contributed by atoms with Crippen molar-refractivity contribution in [1.82, 2.24) is 10.3 Å². The molecule has 0 radical (unpaired) electrons. The molecular weight excluding hydrogens is 419 g/mol. The molecule has 34 heavy (non-hydrogen) atoms. The van der Waals surface area contributed by atoms with E-state index in [0.717, 1.165) is 0 Å². The fourth-order valence-corrected chi connectivity index (χ4v) is 3.93. The lowest BCUT2D eigenvalue weighted by Crippen LogP contribution is -2.10. The number of fused-ring (bicyclic) bond motifs is 1. The number of halogens is 1. The number of aromatic nitrogens is 1. The van der Waals surface area contributed by atoms with Gasteiger partial charge in [0.15, 0.2) is 0 Å². The van der Waals surface area contributed by atoms with Crippen molar-refractivity contribution < 1.29 is 4.39 Å². The third-order valence-corrected chi connectivity index (χ3v) is 5.52. The van der Waals surface area contributed by atoms with Crippen molar-refractivity contribution in [3.63, 3.8) is 0 Å². The van der Waals surface area contributed by atoms with E-state index in [4.69, 9.17) is 0 Å². The largest absolute Gasteiger partial charge is 0.358 e. The molecule has 4 aromatic rings. The van der Waals surface area contributed by atoms with Crippen molar-refractivity contribution in [3.8, 4) is 11.1 Å². The van der Waals surface area contributed by atoms with E-state index >= 15 is 0 Å². The van der Waals surface area contributed by atoms with Crippen molar-refractivity contribution in [2.75, 3.05) is 7.05 Å². The normalized spacial score (nSPS) is 15.8. The fourth-order valence-electron chi connectivity index (χ4n) is 3.93. The quantitative estimate of drug-likeness (QED) is 0.314. The zero-order valence-corrected chi connectivity index (χ0v) is 21.9. The van der Waals surface area contributed by atoms with Crippen LogP contribution in [0.25, 0.3) is 22.0 Å². The van der Waals surface area contributed by atoms with Crippen LogP contribution in [0, 0.1) is 19.7 Å². The Morgan fingerprint density at radius 2 is 1.56 bits per heavy atom. The molecule has 2 atom stereocenters. The molecule has 5 rings (SSSR count). The molecule has 0 bridgehead atoms. The predicted molar refractivity (Wildman–Crippen MR) is 147 cm³/mol. The number of benzene rings is 3. The van der Waals surface area contributed by atoms with E-state index in [1.165, 1.54) is 63.8 Å². The number of nitrogens with one attached hydrogen (secondary N) is 2. The Bertz CT molecular complexity index is 1130. The van der Waals surface area contributed by atoms with Gasteiger partial charge in [-0.3, -0.25) is 0 Å². The zero-order chi connectivity index (χ0) is 25.1. The van der Waals surface area contributed by atoms with Crippen molar-refractivity contribution in [2.24, 2.45) is 0 Å². The minimum Gasteiger partial charge on any atom is -0.358 e. The third-order valence-electron chi connectivity index (χ3n) is 5.52. The SMILES string of the molecule is CC.CCC.CNC1CC1c1cc2cc(C)cc(-c3cccc(C)c3)c2[nH]1.Fc1ccccc1. The lowest BCUT2D eigenvalue weighted by atomic mass is 9.99. The van der Waals surface area contributed by atoms with E-state index in [0.29, 0.717) is 12.0 Å². The summed E-state index contributed by atoms with van der Waals surface area (Å²) >= 11 is 0. The van der Waals surface area contributed by atoms with E-state index in [2.05, 4.69) is 87.5 Å². The van der Waals surface area contributed by atoms with Gasteiger partial charge in [0.2, 0.25) is 0 Å². The minimum absolute atomic E-state index is 0.178. The van der Waals surface area contributed by atoms with Gasteiger partial charge in [0.05, 0.1) is 5.52 Å². The summed E-state index contributed by atoms with van der Waals surface area (Å²) in [5, 5.41) is 4.70. The van der Waals surface area contributed by atoms with Gasteiger partial charge in [0.1, 0.15) is 5.82 Å². The summed E-state index contributed by atoms with van der Waals surface area (Å²) in [5.41, 5.74) is 7.86. The highest BCUT2D eigenvalue weighted by atomic mass is 19.1. The second-order valence-electron chi connectivity index (χ2n) is 8.61. The van der Waals surface area contributed by atoms with E-state index in [9.17, 15) is 4.39 Å². The molecule has 1 saturated carbocycles. The molecule has 0 amide bonds. The summed E-state index contributed by atoms with van der Waals surface area (Å²) in [6, 6.07) is 24.2. The first-order chi connectivity index (χ1) is 16.5. The maximum absolute atomic E-state index is 11.9. The van der Waals surface area contributed by atoms with Gasteiger partial charge in [-0.2, -0.15) is 0 Å². The van der Waals surface area contributed by atoms with Gasteiger partial charge >= 0.3 is 0 Å². The van der Waals surface area contributed by atoms with Crippen LogP contribution in [0.15, 0.2) is 72.8 Å². The summed E-state index contributed by atoms with van der Waals surface area (Å²) in [6.45, 7) is 12.6. The highest BCUT2D eigenvalue weighted by molar-refractivity contribution is 5.95. The summed E-state index contributed by atoms with van der Waals surface area (Å²) in [4.78, 5) is 3.70. The molecule has 1 aliphatic carbocycles. The van der Waals surface area contributed by atoms with Crippen LogP contribution < -0.4 is 5.32 Å². The van der Waals surface area contributed by atoms with Crippen LogP contribution in [0.3, 0.4) is 0 Å². The summed E-state index contributed by atoms with van der Waals surface area (Å²) in [5.74, 6) is 0.463. The van der Waals surface area contributed by atoms with Crippen LogP contribution in [0.4, 0.5) is 4.39 Å². The monoisotopic (exact) mass is 460 g/mol. The number of H-pyrrole nitrogens is 1. The van der Waals surface area contributed by atoms with Crippen molar-refractivity contribution in [1.29, 1.82) is 0 Å². The second kappa shape index (κ2) is 13.7. The van der Waals surface area contributed by atoms with Crippen molar-refractivity contribution >= 4 is 10.9 Å². The molecule has 1 aromatic heterocycles. The molecule has 1 fully saturated rings. The van der Waals surface area contributed by atoms with Crippen LogP contribution in [-0.4, -0.2) is 18.1 Å². The van der Waals surface area contributed by atoms with Crippen molar-refractivity contribution in [2.45, 2.75) is 66.3 Å². The Morgan fingerprint density at radius 3 is 2.09 bits per heavy atom. The molecule has 0 aliphatic heterocycles. The molecule has 182 valence electrons. The minimum atomic E-state index is -0.178. The van der Waals surface area contributed by atoms with Gasteiger partial charge in [-0.15, -0.1) is 0 Å². The van der Waals surface area contributed by atoms with E-state index in [1.807, 2.05) is 13.8 Å². The molecule has 2 unspecified atom stereocenters. The average Bonchev–Trinajstić information content (AvgIpc) is 3.51. The Hall–Kier alpha value is -2.91. The van der Waals surface area contributed by atoms with Crippen LogP contribution in [0.1, 0.15) is 63.3 Å². The van der Waals surface area contributed by atoms with E-state index < -0.39 is 0 Å². The lowest BCUT2D eigenvalue weighted by Gasteiger charge is -2.07. The van der Waals surface area contributed by atoms with Crippen LogP contribution in [-0.2, 0) is 0 Å². The second-order valence-corrected chi connectivity index (χ2v) is 8.61. The van der Waals surface area contributed by atoms with Gasteiger partial charge in [0.25, 0.3) is 0 Å². The van der Waals surface area contributed by atoms with Crippen LogP contribution in [0.2, 0.25) is 0 Å². The maximum atomic E-state index is 11.9. The highest BCUT2D eigenvalue weighted by Gasteiger charge is 2.38. The fraction of sp³-hybridized carbons (Fsp3) is 0.355. The van der Waals surface area contributed by atoms with Gasteiger partial charge in [-0.05, 0) is 68.8 Å². The summed E-state index contributed by atoms with van der Waals surface area (Å²) in [7, 11) is 2.05. The summed E-state index contributed by atoms with van der Waals surface area (Å²) < 4.78 is 11.9. The molecule has 1 aliphatic rings. The number of likely N-dealkylation sites (N-methyl/N-ethyl adjacent to an activating group) is 1. The first-order valence-electron chi connectivity index (χ1n) is 12.5. The average molecular weight is 461 g/mol. The van der Waals surface area contributed by atoms with Gasteiger partial charge in [-0.25, -0.2) is 4.39 Å². The Kier molecular flexibility index (Phi) is 11.0.